The lowest BCUT2D eigenvalue weighted by molar-refractivity contribution is -0.0192. The summed E-state index contributed by atoms with van der Waals surface area (Å²) in [6, 6.07) is 3.73. The van der Waals surface area contributed by atoms with Gasteiger partial charge in [-0.05, 0) is 65.0 Å². The van der Waals surface area contributed by atoms with Crippen LogP contribution in [0.1, 0.15) is 56.2 Å². The predicted octanol–water partition coefficient (Wildman–Crippen LogP) is 2.49. The van der Waals surface area contributed by atoms with Crippen molar-refractivity contribution in [2.45, 2.75) is 64.6 Å². The number of carbonyl (C=O) groups excluding carboxylic acids is 2. The second-order valence-corrected chi connectivity index (χ2v) is 9.11. The van der Waals surface area contributed by atoms with E-state index in [0.717, 1.165) is 25.0 Å². The van der Waals surface area contributed by atoms with Crippen LogP contribution in [0.5, 0.6) is 0 Å². The van der Waals surface area contributed by atoms with Gasteiger partial charge in [0.05, 0.1) is 18.4 Å². The topological polar surface area (TPSA) is 102 Å². The smallest absolute Gasteiger partial charge is 0.407 e. The Morgan fingerprint density at radius 2 is 1.87 bits per heavy atom. The molecule has 1 saturated carbocycles. The summed E-state index contributed by atoms with van der Waals surface area (Å²) in [5, 5.41) is 11.2. The van der Waals surface area contributed by atoms with E-state index in [1.807, 2.05) is 44.7 Å². The summed E-state index contributed by atoms with van der Waals surface area (Å²) in [6.45, 7) is 7.69. The van der Waals surface area contributed by atoms with E-state index < -0.39 is 11.7 Å². The monoisotopic (exact) mass is 412 g/mol. The van der Waals surface area contributed by atoms with Crippen LogP contribution in [0, 0.1) is 12.8 Å². The summed E-state index contributed by atoms with van der Waals surface area (Å²) < 4.78 is 5.35. The second kappa shape index (κ2) is 7.70. The zero-order valence-corrected chi connectivity index (χ0v) is 17.8. The third-order valence-corrected chi connectivity index (χ3v) is 5.57. The van der Waals surface area contributed by atoms with Crippen LogP contribution in [0.3, 0.4) is 0 Å². The Labute approximate surface area is 175 Å². The van der Waals surface area contributed by atoms with Crippen molar-refractivity contribution in [3.05, 3.63) is 35.9 Å². The van der Waals surface area contributed by atoms with Gasteiger partial charge in [-0.2, -0.15) is 10.2 Å². The number of hydrogen-bond acceptors (Lipinski definition) is 6. The molecule has 1 aliphatic carbocycles. The molecular formula is C21H28N6O3. The molecule has 2 bridgehead atoms. The average molecular weight is 412 g/mol. The minimum absolute atomic E-state index is 0.0942. The second-order valence-electron chi connectivity index (χ2n) is 9.11. The molecule has 30 heavy (non-hydrogen) atoms. The molecule has 5 rings (SSSR count). The fourth-order valence-electron chi connectivity index (χ4n) is 4.28. The lowest BCUT2D eigenvalue weighted by Crippen LogP contribution is -2.61. The van der Waals surface area contributed by atoms with Crippen LogP contribution in [-0.2, 0) is 4.74 Å². The highest BCUT2D eigenvalue weighted by Crippen LogP contribution is 2.43. The van der Waals surface area contributed by atoms with Crippen molar-refractivity contribution < 1.29 is 14.3 Å². The zero-order valence-electron chi connectivity index (χ0n) is 17.8. The number of fused-ring (bicyclic) bond motifs is 2. The molecule has 1 unspecified atom stereocenters. The number of alkyl carbamates (subject to hydrolysis) is 1. The molecule has 2 aromatic rings. The van der Waals surface area contributed by atoms with Crippen LogP contribution >= 0.6 is 0 Å². The maximum absolute atomic E-state index is 13.6. The molecular weight excluding hydrogens is 384 g/mol. The minimum atomic E-state index is -0.564. The SMILES string of the molecule is Cc1ccc(-n2nccn2)c(C(=O)N2C(CNC(=O)OC(C)(C)C)CC3CC2C3)n1. The summed E-state index contributed by atoms with van der Waals surface area (Å²) in [5.41, 5.74) is 1.07. The lowest BCUT2D eigenvalue weighted by Gasteiger charge is -2.53. The van der Waals surface area contributed by atoms with Gasteiger partial charge in [0.25, 0.3) is 5.91 Å². The average Bonchev–Trinajstić information content (AvgIpc) is 3.18. The minimum Gasteiger partial charge on any atom is -0.444 e. The molecule has 9 heteroatoms. The third-order valence-electron chi connectivity index (χ3n) is 5.57. The fraction of sp³-hybridized carbons (Fsp3) is 0.571. The van der Waals surface area contributed by atoms with Crippen molar-refractivity contribution in [1.29, 1.82) is 0 Å². The van der Waals surface area contributed by atoms with Gasteiger partial charge in [0, 0.05) is 18.3 Å². The van der Waals surface area contributed by atoms with Crippen LogP contribution in [-0.4, -0.2) is 61.1 Å². The van der Waals surface area contributed by atoms with Crippen molar-refractivity contribution in [2.24, 2.45) is 5.92 Å². The summed E-state index contributed by atoms with van der Waals surface area (Å²) in [6.07, 6.45) is 5.52. The number of pyridine rings is 1. The molecule has 1 N–H and O–H groups in total. The standard InChI is InChI=1S/C21H28N6O3/c1-13-5-6-17(27-23-7-8-24-27)18(25-13)19(28)26-15-9-14(10-15)11-16(26)12-22-20(29)30-21(2,3)4/h5-8,14-16H,9-12H2,1-4H3,(H,22,29). The predicted molar refractivity (Wildman–Crippen MR) is 109 cm³/mol. The molecule has 2 aromatic heterocycles. The molecule has 2 saturated heterocycles. The quantitative estimate of drug-likeness (QED) is 0.828. The Morgan fingerprint density at radius 1 is 1.17 bits per heavy atom. The van der Waals surface area contributed by atoms with Gasteiger partial charge in [-0.25, -0.2) is 9.78 Å². The Morgan fingerprint density at radius 3 is 2.53 bits per heavy atom. The normalized spacial score (nSPS) is 22.9. The summed E-state index contributed by atoms with van der Waals surface area (Å²) in [7, 11) is 0. The van der Waals surface area contributed by atoms with Gasteiger partial charge >= 0.3 is 6.09 Å². The Hall–Kier alpha value is -2.97. The number of carbonyl (C=O) groups is 2. The highest BCUT2D eigenvalue weighted by atomic mass is 16.6. The van der Waals surface area contributed by atoms with E-state index in [1.54, 1.807) is 12.4 Å². The molecule has 4 heterocycles. The van der Waals surface area contributed by atoms with Crippen molar-refractivity contribution in [3.8, 4) is 5.69 Å². The van der Waals surface area contributed by atoms with Crippen molar-refractivity contribution in [2.75, 3.05) is 6.54 Å². The summed E-state index contributed by atoms with van der Waals surface area (Å²) >= 11 is 0. The first kappa shape index (κ1) is 20.3. The highest BCUT2D eigenvalue weighted by Gasteiger charge is 2.47. The highest BCUT2D eigenvalue weighted by molar-refractivity contribution is 5.96. The first-order valence-electron chi connectivity index (χ1n) is 10.3. The van der Waals surface area contributed by atoms with Gasteiger partial charge < -0.3 is 15.0 Å². The number of piperidine rings is 2. The number of hydrogen-bond donors (Lipinski definition) is 1. The number of aryl methyl sites for hydroxylation is 1. The number of ether oxygens (including phenoxy) is 1. The Kier molecular flexibility index (Phi) is 5.21. The molecule has 0 aromatic carbocycles. The molecule has 3 aliphatic rings. The van der Waals surface area contributed by atoms with Crippen molar-refractivity contribution in [1.82, 2.24) is 30.2 Å². The van der Waals surface area contributed by atoms with Gasteiger partial charge in [0.1, 0.15) is 11.3 Å². The van der Waals surface area contributed by atoms with Crippen LogP contribution in [0.15, 0.2) is 24.5 Å². The summed E-state index contributed by atoms with van der Waals surface area (Å²) in [5.74, 6) is 0.451. The van der Waals surface area contributed by atoms with Crippen LogP contribution in [0.2, 0.25) is 0 Å². The number of nitrogens with zero attached hydrogens (tertiary/aromatic N) is 5. The molecule has 0 radical (unpaired) electrons. The van der Waals surface area contributed by atoms with E-state index in [1.165, 1.54) is 4.80 Å². The van der Waals surface area contributed by atoms with E-state index in [9.17, 15) is 9.59 Å². The van der Waals surface area contributed by atoms with Crippen molar-refractivity contribution in [3.63, 3.8) is 0 Å². The largest absolute Gasteiger partial charge is 0.444 e. The first-order chi connectivity index (χ1) is 14.2. The number of rotatable bonds is 4. The van der Waals surface area contributed by atoms with E-state index in [-0.39, 0.29) is 18.0 Å². The third kappa shape index (κ3) is 4.15. The fourth-order valence-corrected chi connectivity index (χ4v) is 4.28. The lowest BCUT2D eigenvalue weighted by atomic mass is 9.70. The Bertz CT molecular complexity index is 931. The first-order valence-corrected chi connectivity index (χ1v) is 10.3. The van der Waals surface area contributed by atoms with E-state index in [0.29, 0.717) is 23.8 Å². The zero-order chi connectivity index (χ0) is 21.5. The Balaban J connectivity index is 1.56. The number of nitrogens with one attached hydrogen (secondary N) is 1. The van der Waals surface area contributed by atoms with Gasteiger partial charge in [0.15, 0.2) is 5.69 Å². The molecule has 1 atom stereocenters. The van der Waals surface area contributed by atoms with E-state index >= 15 is 0 Å². The van der Waals surface area contributed by atoms with Crippen LogP contribution in [0.25, 0.3) is 5.69 Å². The van der Waals surface area contributed by atoms with Crippen molar-refractivity contribution >= 4 is 12.0 Å². The van der Waals surface area contributed by atoms with Gasteiger partial charge in [0.2, 0.25) is 0 Å². The van der Waals surface area contributed by atoms with E-state index in [2.05, 4.69) is 20.5 Å². The molecule has 9 nitrogen and oxygen atoms in total. The van der Waals surface area contributed by atoms with Crippen LogP contribution < -0.4 is 5.32 Å². The molecule has 0 spiro atoms. The maximum Gasteiger partial charge on any atom is 0.407 e. The maximum atomic E-state index is 13.6. The van der Waals surface area contributed by atoms with Gasteiger partial charge in [-0.1, -0.05) is 0 Å². The molecule has 3 fully saturated rings. The molecule has 2 amide bonds. The number of aromatic nitrogens is 4. The van der Waals surface area contributed by atoms with E-state index in [4.69, 9.17) is 4.74 Å². The van der Waals surface area contributed by atoms with Crippen LogP contribution in [0.4, 0.5) is 4.79 Å². The van der Waals surface area contributed by atoms with Gasteiger partial charge in [-0.15, -0.1) is 4.80 Å². The molecule has 2 aliphatic heterocycles. The number of amides is 2. The summed E-state index contributed by atoms with van der Waals surface area (Å²) in [4.78, 5) is 33.6. The van der Waals surface area contributed by atoms with Gasteiger partial charge in [-0.3, -0.25) is 4.79 Å². The molecule has 160 valence electrons.